The van der Waals surface area contributed by atoms with Gasteiger partial charge in [0.2, 0.25) is 11.8 Å². The molecule has 96 valence electrons. The van der Waals surface area contributed by atoms with Crippen LogP contribution in [0.3, 0.4) is 0 Å². The fourth-order valence-corrected chi connectivity index (χ4v) is 2.02. The number of carbonyl (C=O) groups is 2. The fraction of sp³-hybridized carbons (Fsp3) is 0.429. The molecule has 1 fully saturated rings. The van der Waals surface area contributed by atoms with Gasteiger partial charge in [-0.05, 0) is 24.0 Å². The summed E-state index contributed by atoms with van der Waals surface area (Å²) in [5.41, 5.74) is 2.36. The summed E-state index contributed by atoms with van der Waals surface area (Å²) < 4.78 is 0. The minimum Gasteiger partial charge on any atom is -0.350 e. The predicted octanol–water partition coefficient (Wildman–Crippen LogP) is 1.14. The molecule has 1 saturated heterocycles. The van der Waals surface area contributed by atoms with Crippen LogP contribution >= 0.6 is 0 Å². The van der Waals surface area contributed by atoms with Crippen LogP contribution in [0.25, 0.3) is 0 Å². The van der Waals surface area contributed by atoms with E-state index in [0.717, 1.165) is 12.0 Å². The van der Waals surface area contributed by atoms with E-state index >= 15 is 0 Å². The second kappa shape index (κ2) is 5.67. The van der Waals surface area contributed by atoms with Crippen molar-refractivity contribution in [1.29, 1.82) is 0 Å². The molecule has 4 nitrogen and oxygen atoms in total. The summed E-state index contributed by atoms with van der Waals surface area (Å²) in [7, 11) is 0. The molecule has 4 heteroatoms. The summed E-state index contributed by atoms with van der Waals surface area (Å²) in [6.45, 7) is 2.62. The first-order valence-corrected chi connectivity index (χ1v) is 6.34. The maximum absolute atomic E-state index is 11.8. The standard InChI is InChI=1S/C14H18N2O2/c1-2-10-3-5-11(6-4-10)9-15-14(18)12-7-8-13(17)16-12/h3-6,12H,2,7-9H2,1H3,(H,15,18)(H,16,17). The lowest BCUT2D eigenvalue weighted by Gasteiger charge is -2.11. The topological polar surface area (TPSA) is 58.2 Å². The SMILES string of the molecule is CCc1ccc(CNC(=O)C2CCC(=O)N2)cc1. The highest BCUT2D eigenvalue weighted by atomic mass is 16.2. The molecule has 1 heterocycles. The fourth-order valence-electron chi connectivity index (χ4n) is 2.02. The number of aryl methyl sites for hydroxylation is 1. The van der Waals surface area contributed by atoms with E-state index in [4.69, 9.17) is 0 Å². The van der Waals surface area contributed by atoms with Gasteiger partial charge >= 0.3 is 0 Å². The lowest BCUT2D eigenvalue weighted by atomic mass is 10.1. The van der Waals surface area contributed by atoms with Crippen LogP contribution in [-0.2, 0) is 22.6 Å². The van der Waals surface area contributed by atoms with Crippen LogP contribution < -0.4 is 10.6 Å². The Morgan fingerprint density at radius 3 is 2.56 bits per heavy atom. The molecule has 2 N–H and O–H groups in total. The highest BCUT2D eigenvalue weighted by Crippen LogP contribution is 2.08. The van der Waals surface area contributed by atoms with Crippen LogP contribution in [0, 0.1) is 0 Å². The molecular formula is C14H18N2O2. The Morgan fingerprint density at radius 2 is 2.00 bits per heavy atom. The Bertz CT molecular complexity index is 440. The molecule has 2 rings (SSSR count). The average molecular weight is 246 g/mol. The number of hydrogen-bond acceptors (Lipinski definition) is 2. The predicted molar refractivity (Wildman–Crippen MR) is 68.8 cm³/mol. The third kappa shape index (κ3) is 3.09. The van der Waals surface area contributed by atoms with Crippen molar-refractivity contribution in [3.8, 4) is 0 Å². The summed E-state index contributed by atoms with van der Waals surface area (Å²) in [4.78, 5) is 22.8. The second-order valence-corrected chi connectivity index (χ2v) is 4.55. The lowest BCUT2D eigenvalue weighted by molar-refractivity contribution is -0.125. The third-order valence-electron chi connectivity index (χ3n) is 3.21. The van der Waals surface area contributed by atoms with E-state index in [2.05, 4.69) is 29.7 Å². The van der Waals surface area contributed by atoms with Gasteiger partial charge in [0, 0.05) is 13.0 Å². The van der Waals surface area contributed by atoms with Gasteiger partial charge in [0.25, 0.3) is 0 Å². The van der Waals surface area contributed by atoms with Gasteiger partial charge in [-0.15, -0.1) is 0 Å². The minimum absolute atomic E-state index is 0.0394. The summed E-state index contributed by atoms with van der Waals surface area (Å²) in [5, 5.41) is 5.50. The van der Waals surface area contributed by atoms with Crippen molar-refractivity contribution in [3.63, 3.8) is 0 Å². The van der Waals surface area contributed by atoms with Crippen molar-refractivity contribution in [2.45, 2.75) is 38.8 Å². The lowest BCUT2D eigenvalue weighted by Crippen LogP contribution is -2.41. The molecular weight excluding hydrogens is 228 g/mol. The average Bonchev–Trinajstić information content (AvgIpc) is 2.83. The molecule has 1 atom stereocenters. The Kier molecular flexibility index (Phi) is 3.97. The number of hydrogen-bond donors (Lipinski definition) is 2. The van der Waals surface area contributed by atoms with Crippen LogP contribution in [0.4, 0.5) is 0 Å². The van der Waals surface area contributed by atoms with Gasteiger partial charge in [0.05, 0.1) is 0 Å². The molecule has 0 radical (unpaired) electrons. The molecule has 0 saturated carbocycles. The number of carbonyl (C=O) groups excluding carboxylic acids is 2. The van der Waals surface area contributed by atoms with E-state index in [0.29, 0.717) is 19.4 Å². The highest BCUT2D eigenvalue weighted by molar-refractivity contribution is 5.90. The maximum Gasteiger partial charge on any atom is 0.242 e. The molecule has 1 aromatic rings. The summed E-state index contributed by atoms with van der Waals surface area (Å²) in [6, 6.07) is 7.82. The van der Waals surface area contributed by atoms with Gasteiger partial charge in [-0.25, -0.2) is 0 Å². The molecule has 0 spiro atoms. The molecule has 18 heavy (non-hydrogen) atoms. The molecule has 1 aromatic carbocycles. The Labute approximate surface area is 107 Å². The van der Waals surface area contributed by atoms with E-state index < -0.39 is 0 Å². The number of benzene rings is 1. The van der Waals surface area contributed by atoms with Crippen LogP contribution in [0.15, 0.2) is 24.3 Å². The van der Waals surface area contributed by atoms with Gasteiger partial charge < -0.3 is 10.6 Å². The van der Waals surface area contributed by atoms with E-state index in [9.17, 15) is 9.59 Å². The molecule has 1 unspecified atom stereocenters. The van der Waals surface area contributed by atoms with Crippen LogP contribution in [0.5, 0.6) is 0 Å². The summed E-state index contributed by atoms with van der Waals surface area (Å²) >= 11 is 0. The molecule has 0 aromatic heterocycles. The van der Waals surface area contributed by atoms with Crippen LogP contribution in [0.1, 0.15) is 30.9 Å². The van der Waals surface area contributed by atoms with Crippen molar-refractivity contribution in [2.75, 3.05) is 0 Å². The Morgan fingerprint density at radius 1 is 1.33 bits per heavy atom. The van der Waals surface area contributed by atoms with Crippen LogP contribution in [-0.4, -0.2) is 17.9 Å². The largest absolute Gasteiger partial charge is 0.350 e. The molecule has 1 aliphatic rings. The van der Waals surface area contributed by atoms with Crippen molar-refractivity contribution in [2.24, 2.45) is 0 Å². The quantitative estimate of drug-likeness (QED) is 0.837. The first kappa shape index (κ1) is 12.6. The van der Waals surface area contributed by atoms with Gasteiger partial charge in [-0.2, -0.15) is 0 Å². The Balaban J connectivity index is 1.83. The first-order chi connectivity index (χ1) is 8.69. The summed E-state index contributed by atoms with van der Waals surface area (Å²) in [6.07, 6.45) is 2.06. The zero-order valence-electron chi connectivity index (χ0n) is 10.5. The van der Waals surface area contributed by atoms with Gasteiger partial charge in [-0.1, -0.05) is 31.2 Å². The number of nitrogens with one attached hydrogen (secondary N) is 2. The third-order valence-corrected chi connectivity index (χ3v) is 3.21. The van der Waals surface area contributed by atoms with Gasteiger partial charge in [0.15, 0.2) is 0 Å². The maximum atomic E-state index is 11.8. The number of amides is 2. The van der Waals surface area contributed by atoms with Gasteiger partial charge in [-0.3, -0.25) is 9.59 Å². The van der Waals surface area contributed by atoms with E-state index in [-0.39, 0.29) is 17.9 Å². The van der Waals surface area contributed by atoms with E-state index in [1.54, 1.807) is 0 Å². The molecule has 0 bridgehead atoms. The number of rotatable bonds is 4. The van der Waals surface area contributed by atoms with E-state index in [1.165, 1.54) is 5.56 Å². The van der Waals surface area contributed by atoms with E-state index in [1.807, 2.05) is 12.1 Å². The zero-order valence-corrected chi connectivity index (χ0v) is 10.5. The zero-order chi connectivity index (χ0) is 13.0. The monoisotopic (exact) mass is 246 g/mol. The normalized spacial score (nSPS) is 18.5. The van der Waals surface area contributed by atoms with Crippen molar-refractivity contribution >= 4 is 11.8 Å². The van der Waals surface area contributed by atoms with Crippen molar-refractivity contribution in [1.82, 2.24) is 10.6 Å². The smallest absolute Gasteiger partial charge is 0.242 e. The van der Waals surface area contributed by atoms with Crippen LogP contribution in [0.2, 0.25) is 0 Å². The van der Waals surface area contributed by atoms with Crippen molar-refractivity contribution in [3.05, 3.63) is 35.4 Å². The first-order valence-electron chi connectivity index (χ1n) is 6.34. The highest BCUT2D eigenvalue weighted by Gasteiger charge is 2.26. The minimum atomic E-state index is -0.354. The molecule has 1 aliphatic heterocycles. The molecule has 0 aliphatic carbocycles. The van der Waals surface area contributed by atoms with Crippen molar-refractivity contribution < 1.29 is 9.59 Å². The second-order valence-electron chi connectivity index (χ2n) is 4.55. The van der Waals surface area contributed by atoms with Gasteiger partial charge in [0.1, 0.15) is 6.04 Å². The molecule has 2 amide bonds. The Hall–Kier alpha value is -1.84. The summed E-state index contributed by atoms with van der Waals surface area (Å²) in [5.74, 6) is -0.136.